The summed E-state index contributed by atoms with van der Waals surface area (Å²) in [5.41, 5.74) is 5.40. The number of aromatic amines is 1. The number of hydrogen-bond acceptors (Lipinski definition) is 4. The largest absolute Gasteiger partial charge is 0.464 e. The number of fused-ring (bicyclic) bond motifs is 1. The highest BCUT2D eigenvalue weighted by atomic mass is 19.1. The molecule has 0 aliphatic carbocycles. The van der Waals surface area contributed by atoms with Gasteiger partial charge in [0.1, 0.15) is 17.6 Å². The first kappa shape index (κ1) is 31.1. The molecule has 8 nitrogen and oxygen atoms in total. The van der Waals surface area contributed by atoms with E-state index < -0.39 is 6.04 Å². The van der Waals surface area contributed by atoms with Crippen LogP contribution in [-0.4, -0.2) is 59.9 Å². The Labute approximate surface area is 268 Å². The molecule has 9 heteroatoms. The second kappa shape index (κ2) is 13.6. The lowest BCUT2D eigenvalue weighted by molar-refractivity contribution is -0.118. The number of anilines is 1. The Bertz CT molecular complexity index is 1790. The number of nitrogens with zero attached hydrogens (tertiary/aromatic N) is 2. The summed E-state index contributed by atoms with van der Waals surface area (Å²) in [6.45, 7) is 3.75. The molecule has 0 unspecified atom stereocenters. The van der Waals surface area contributed by atoms with Crippen LogP contribution in [-0.2, 0) is 11.3 Å². The van der Waals surface area contributed by atoms with E-state index in [0.717, 1.165) is 46.0 Å². The fourth-order valence-electron chi connectivity index (χ4n) is 6.46. The summed E-state index contributed by atoms with van der Waals surface area (Å²) < 4.78 is 19.2. The van der Waals surface area contributed by atoms with E-state index >= 15 is 0 Å². The number of aromatic nitrogens is 1. The van der Waals surface area contributed by atoms with Gasteiger partial charge in [-0.2, -0.15) is 0 Å². The minimum Gasteiger partial charge on any atom is -0.464 e. The number of urea groups is 1. The fourth-order valence-corrected chi connectivity index (χ4v) is 6.46. The normalized spacial score (nSPS) is 15.2. The van der Waals surface area contributed by atoms with E-state index in [1.54, 1.807) is 11.2 Å². The second-order valence-corrected chi connectivity index (χ2v) is 12.4. The molecule has 0 bridgehead atoms. The number of nitrogens with one attached hydrogen (secondary N) is 3. The third-order valence-electron chi connectivity index (χ3n) is 8.92. The molecule has 0 spiro atoms. The molecular formula is C37H40FN5O3. The minimum atomic E-state index is -0.872. The molecule has 5 aromatic rings. The summed E-state index contributed by atoms with van der Waals surface area (Å²) in [4.78, 5) is 35.2. The van der Waals surface area contributed by atoms with Crippen molar-refractivity contribution >= 4 is 28.5 Å². The van der Waals surface area contributed by atoms with Gasteiger partial charge in [-0.15, -0.1) is 0 Å². The summed E-state index contributed by atoms with van der Waals surface area (Å²) >= 11 is 0. The maximum Gasteiger partial charge on any atom is 0.318 e. The number of benzene rings is 3. The van der Waals surface area contributed by atoms with Gasteiger partial charge < -0.3 is 29.8 Å². The minimum absolute atomic E-state index is 0.253. The first-order valence-corrected chi connectivity index (χ1v) is 15.8. The zero-order valence-electron chi connectivity index (χ0n) is 26.4. The molecule has 3 amide bonds. The zero-order valence-corrected chi connectivity index (χ0v) is 26.4. The highest BCUT2D eigenvalue weighted by Gasteiger charge is 2.33. The topological polar surface area (TPSA) is 93.6 Å². The molecule has 1 fully saturated rings. The Hall–Kier alpha value is -4.89. The number of piperidine rings is 1. The third kappa shape index (κ3) is 6.84. The zero-order chi connectivity index (χ0) is 32.2. The number of carbonyl (C=O) groups excluding carboxylic acids is 2. The van der Waals surface area contributed by atoms with E-state index in [1.807, 2.05) is 93.9 Å². The number of furan rings is 1. The Morgan fingerprint density at radius 2 is 1.78 bits per heavy atom. The van der Waals surface area contributed by atoms with Crippen LogP contribution in [0.5, 0.6) is 0 Å². The molecule has 238 valence electrons. The molecule has 46 heavy (non-hydrogen) atoms. The fraction of sp³-hybridized carbons (Fsp3) is 0.297. The van der Waals surface area contributed by atoms with Crippen LogP contribution < -0.4 is 10.6 Å². The van der Waals surface area contributed by atoms with Crippen molar-refractivity contribution in [2.24, 2.45) is 0 Å². The van der Waals surface area contributed by atoms with E-state index in [1.165, 1.54) is 12.1 Å². The maximum absolute atomic E-state index is 14.3. The highest BCUT2D eigenvalue weighted by Crippen LogP contribution is 2.33. The second-order valence-electron chi connectivity index (χ2n) is 12.4. The molecule has 1 saturated heterocycles. The third-order valence-corrected chi connectivity index (χ3v) is 8.92. The van der Waals surface area contributed by atoms with Gasteiger partial charge >= 0.3 is 6.03 Å². The van der Waals surface area contributed by atoms with Crippen molar-refractivity contribution in [1.29, 1.82) is 0 Å². The Morgan fingerprint density at radius 1 is 1.02 bits per heavy atom. The first-order valence-electron chi connectivity index (χ1n) is 15.8. The molecule has 2 aromatic heterocycles. The molecule has 3 N–H and O–H groups in total. The Kier molecular flexibility index (Phi) is 9.21. The van der Waals surface area contributed by atoms with Gasteiger partial charge in [-0.05, 0) is 92.0 Å². The molecule has 0 radical (unpaired) electrons. The van der Waals surface area contributed by atoms with Crippen LogP contribution in [0, 0.1) is 5.82 Å². The number of carbonyl (C=O) groups is 2. The number of amides is 3. The molecule has 3 aromatic carbocycles. The number of halogens is 1. The Morgan fingerprint density at radius 3 is 2.50 bits per heavy atom. The van der Waals surface area contributed by atoms with E-state index in [-0.39, 0.29) is 29.6 Å². The summed E-state index contributed by atoms with van der Waals surface area (Å²) in [6.07, 6.45) is 5.05. The van der Waals surface area contributed by atoms with Crippen molar-refractivity contribution < 1.29 is 18.4 Å². The number of hydrogen-bond donors (Lipinski definition) is 3. The van der Waals surface area contributed by atoms with E-state index in [9.17, 15) is 14.0 Å². The molecule has 6 rings (SSSR count). The lowest BCUT2D eigenvalue weighted by atomic mass is 9.89. The Balaban J connectivity index is 1.26. The van der Waals surface area contributed by atoms with Crippen molar-refractivity contribution in [1.82, 2.24) is 20.1 Å². The van der Waals surface area contributed by atoms with Crippen molar-refractivity contribution in [3.8, 4) is 11.3 Å². The van der Waals surface area contributed by atoms with Crippen LogP contribution in [0.15, 0.2) is 95.7 Å². The number of para-hydroxylation sites is 1. The first-order chi connectivity index (χ1) is 22.3. The average Bonchev–Trinajstić information content (AvgIpc) is 3.74. The number of rotatable bonds is 9. The van der Waals surface area contributed by atoms with Crippen molar-refractivity contribution in [3.05, 3.63) is 114 Å². The summed E-state index contributed by atoms with van der Waals surface area (Å²) in [7, 11) is 3.99. The standard InChI is InChI=1S/C37H40FN5O3/c1-24(31-22-39-32-8-5-4-7-29(31)32)35(41-37(45)43-18-16-27(17-19-43)26-11-13-28(38)14-12-26)36(44)40-33-21-25(23-42(2)3)10-15-30(33)34-9-6-20-46-34/h4-15,20-22,24,27,35,39H,16-19,23H2,1-3H3,(H,40,44)(H,41,45)/t24-,35-/m1/s1. The molecule has 3 heterocycles. The monoisotopic (exact) mass is 621 g/mol. The van der Waals surface area contributed by atoms with E-state index in [4.69, 9.17) is 4.42 Å². The molecule has 2 atom stereocenters. The average molecular weight is 622 g/mol. The van der Waals surface area contributed by atoms with Crippen LogP contribution in [0.3, 0.4) is 0 Å². The van der Waals surface area contributed by atoms with E-state index in [0.29, 0.717) is 31.1 Å². The summed E-state index contributed by atoms with van der Waals surface area (Å²) in [5, 5.41) is 7.26. The quantitative estimate of drug-likeness (QED) is 0.161. The van der Waals surface area contributed by atoms with Crippen LogP contribution in [0.4, 0.5) is 14.9 Å². The van der Waals surface area contributed by atoms with Gasteiger partial charge in [-0.1, -0.05) is 43.3 Å². The van der Waals surface area contributed by atoms with Gasteiger partial charge in [0.2, 0.25) is 5.91 Å². The van der Waals surface area contributed by atoms with Gasteiger partial charge in [0.15, 0.2) is 0 Å². The highest BCUT2D eigenvalue weighted by molar-refractivity contribution is 6.01. The molecule has 1 aliphatic rings. The smallest absolute Gasteiger partial charge is 0.318 e. The van der Waals surface area contributed by atoms with Gasteiger partial charge in [-0.3, -0.25) is 4.79 Å². The predicted molar refractivity (Wildman–Crippen MR) is 179 cm³/mol. The van der Waals surface area contributed by atoms with Crippen LogP contribution in [0.1, 0.15) is 48.3 Å². The van der Waals surface area contributed by atoms with Crippen molar-refractivity contribution in [2.45, 2.75) is 44.2 Å². The van der Waals surface area contributed by atoms with Crippen LogP contribution in [0.2, 0.25) is 0 Å². The lowest BCUT2D eigenvalue weighted by Crippen LogP contribution is -2.53. The SMILES string of the molecule is C[C@H](c1c[nH]c2ccccc12)[C@@H](NC(=O)N1CCC(c2ccc(F)cc2)CC1)C(=O)Nc1cc(CN(C)C)ccc1-c1ccco1. The molecular weight excluding hydrogens is 581 g/mol. The van der Waals surface area contributed by atoms with Crippen molar-refractivity contribution in [2.75, 3.05) is 32.5 Å². The summed E-state index contributed by atoms with van der Waals surface area (Å²) in [5.74, 6) is -0.0322. The van der Waals surface area contributed by atoms with Gasteiger partial charge in [0, 0.05) is 48.2 Å². The molecule has 1 aliphatic heterocycles. The lowest BCUT2D eigenvalue weighted by Gasteiger charge is -2.34. The van der Waals surface area contributed by atoms with Crippen LogP contribution >= 0.6 is 0 Å². The van der Waals surface area contributed by atoms with E-state index in [2.05, 4.69) is 20.5 Å². The van der Waals surface area contributed by atoms with Gasteiger partial charge in [0.25, 0.3) is 0 Å². The van der Waals surface area contributed by atoms with Gasteiger partial charge in [-0.25, -0.2) is 9.18 Å². The predicted octanol–water partition coefficient (Wildman–Crippen LogP) is 7.33. The molecule has 0 saturated carbocycles. The van der Waals surface area contributed by atoms with Crippen molar-refractivity contribution in [3.63, 3.8) is 0 Å². The van der Waals surface area contributed by atoms with Gasteiger partial charge in [0.05, 0.1) is 12.0 Å². The van der Waals surface area contributed by atoms with Crippen LogP contribution in [0.25, 0.3) is 22.2 Å². The number of H-pyrrole nitrogens is 1. The maximum atomic E-state index is 14.3. The number of likely N-dealkylation sites (tertiary alicyclic amines) is 1. The summed E-state index contributed by atoms with van der Waals surface area (Å²) in [6, 6.07) is 23.0.